The van der Waals surface area contributed by atoms with Gasteiger partial charge in [0.05, 0.1) is 17.4 Å². The number of esters is 1. The second kappa shape index (κ2) is 12.3. The van der Waals surface area contributed by atoms with Crippen LogP contribution in [0.3, 0.4) is 0 Å². The highest BCUT2D eigenvalue weighted by molar-refractivity contribution is 5.95. The van der Waals surface area contributed by atoms with Gasteiger partial charge in [0.25, 0.3) is 5.69 Å². The van der Waals surface area contributed by atoms with Gasteiger partial charge in [-0.25, -0.2) is 9.18 Å². The first-order valence-corrected chi connectivity index (χ1v) is 13.1. The number of allylic oxidation sites excluding steroid dienone is 1. The van der Waals surface area contributed by atoms with E-state index < -0.39 is 16.8 Å². The molecule has 1 aliphatic heterocycles. The molecule has 4 aromatic carbocycles. The normalized spacial score (nSPS) is 13.7. The van der Waals surface area contributed by atoms with Gasteiger partial charge < -0.3 is 24.7 Å². The van der Waals surface area contributed by atoms with Crippen molar-refractivity contribution < 1.29 is 33.1 Å². The third-order valence-corrected chi connectivity index (χ3v) is 6.63. The fraction of sp³-hybridized carbons (Fsp3) is 0.125. The van der Waals surface area contributed by atoms with E-state index in [-0.39, 0.29) is 46.6 Å². The van der Waals surface area contributed by atoms with E-state index in [2.05, 4.69) is 6.07 Å². The first-order chi connectivity index (χ1) is 20.8. The molecule has 1 aliphatic rings. The Bertz CT molecular complexity index is 1780. The highest BCUT2D eigenvalue weighted by Gasteiger charge is 2.32. The van der Waals surface area contributed by atoms with Crippen LogP contribution in [0.1, 0.15) is 39.9 Å². The monoisotopic (exact) mass is 581 g/mol. The number of rotatable bonds is 9. The molecule has 0 aromatic heterocycles. The molecule has 43 heavy (non-hydrogen) atoms. The molecule has 11 heteroatoms. The summed E-state index contributed by atoms with van der Waals surface area (Å²) >= 11 is 0. The van der Waals surface area contributed by atoms with Gasteiger partial charge in [-0.05, 0) is 54.4 Å². The molecule has 216 valence electrons. The number of carbonyl (C=O) groups excluding carboxylic acids is 1. The predicted octanol–water partition coefficient (Wildman–Crippen LogP) is 6.15. The van der Waals surface area contributed by atoms with Crippen molar-refractivity contribution in [1.82, 2.24) is 0 Å². The van der Waals surface area contributed by atoms with Gasteiger partial charge in [-0.2, -0.15) is 5.26 Å². The van der Waals surface area contributed by atoms with Crippen LogP contribution in [-0.2, 0) is 6.61 Å². The van der Waals surface area contributed by atoms with E-state index in [9.17, 15) is 24.6 Å². The minimum absolute atomic E-state index is 0.0633. The zero-order valence-corrected chi connectivity index (χ0v) is 22.8. The van der Waals surface area contributed by atoms with Crippen LogP contribution in [0.2, 0.25) is 0 Å². The van der Waals surface area contributed by atoms with Crippen LogP contribution >= 0.6 is 0 Å². The summed E-state index contributed by atoms with van der Waals surface area (Å²) in [5, 5.41) is 21.3. The Balaban J connectivity index is 1.45. The van der Waals surface area contributed by atoms with E-state index in [1.165, 1.54) is 48.5 Å². The van der Waals surface area contributed by atoms with Crippen molar-refractivity contribution in [3.05, 3.63) is 135 Å². The summed E-state index contributed by atoms with van der Waals surface area (Å²) in [7, 11) is 0. The largest absolute Gasteiger partial charge is 0.490 e. The quantitative estimate of drug-likeness (QED) is 0.106. The first kappa shape index (κ1) is 28.6. The van der Waals surface area contributed by atoms with Gasteiger partial charge in [0.2, 0.25) is 5.88 Å². The number of hydrogen-bond acceptors (Lipinski definition) is 9. The number of ether oxygens (including phenoxy) is 4. The average Bonchev–Trinajstić information content (AvgIpc) is 3.00. The zero-order chi connectivity index (χ0) is 30.5. The number of hydrogen-bond donors (Lipinski definition) is 1. The van der Waals surface area contributed by atoms with Crippen molar-refractivity contribution >= 4 is 11.7 Å². The zero-order valence-electron chi connectivity index (χ0n) is 22.8. The summed E-state index contributed by atoms with van der Waals surface area (Å²) in [5.74, 6) is -0.853. The van der Waals surface area contributed by atoms with Crippen LogP contribution in [0.4, 0.5) is 10.1 Å². The first-order valence-electron chi connectivity index (χ1n) is 13.1. The van der Waals surface area contributed by atoms with Gasteiger partial charge in [0.1, 0.15) is 41.1 Å². The molecule has 0 amide bonds. The third-order valence-electron chi connectivity index (χ3n) is 6.63. The third kappa shape index (κ3) is 6.08. The Morgan fingerprint density at radius 1 is 1.05 bits per heavy atom. The lowest BCUT2D eigenvalue weighted by Crippen LogP contribution is -2.21. The number of fused-ring (bicyclic) bond motifs is 1. The second-order valence-corrected chi connectivity index (χ2v) is 9.34. The van der Waals surface area contributed by atoms with Gasteiger partial charge in [-0.3, -0.25) is 10.1 Å². The molecule has 0 saturated carbocycles. The molecule has 5 rings (SSSR count). The van der Waals surface area contributed by atoms with Crippen LogP contribution < -0.4 is 24.7 Å². The molecular weight excluding hydrogens is 557 g/mol. The Morgan fingerprint density at radius 3 is 2.53 bits per heavy atom. The van der Waals surface area contributed by atoms with Crippen molar-refractivity contribution in [1.29, 1.82) is 5.26 Å². The molecule has 0 spiro atoms. The number of nitro groups is 1. The minimum atomic E-state index is -0.918. The van der Waals surface area contributed by atoms with Gasteiger partial charge in [0, 0.05) is 17.7 Å². The fourth-order valence-corrected chi connectivity index (χ4v) is 4.64. The van der Waals surface area contributed by atoms with Gasteiger partial charge in [0.15, 0.2) is 11.5 Å². The Labute approximate surface area is 245 Å². The smallest absolute Gasteiger partial charge is 0.350 e. The summed E-state index contributed by atoms with van der Waals surface area (Å²) in [6.07, 6.45) is 0. The highest BCUT2D eigenvalue weighted by atomic mass is 19.1. The predicted molar refractivity (Wildman–Crippen MR) is 152 cm³/mol. The fourth-order valence-electron chi connectivity index (χ4n) is 4.64. The standard InChI is InChI=1S/C32H24FN3O7/c1-2-40-29-15-20(9-14-27(29)41-18-19-7-10-21(33)11-8-19)30-24-13-12-22(16-28(24)43-31(35)25(30)17-34)42-32(37)23-5-3-4-6-26(23)36(38)39/h3-16,30H,2,18,35H2,1H3. The summed E-state index contributed by atoms with van der Waals surface area (Å²) < 4.78 is 36.2. The molecule has 1 atom stereocenters. The second-order valence-electron chi connectivity index (χ2n) is 9.34. The van der Waals surface area contributed by atoms with Crippen LogP contribution in [0, 0.1) is 27.3 Å². The van der Waals surface area contributed by atoms with Crippen molar-refractivity contribution in [2.75, 3.05) is 6.61 Å². The van der Waals surface area contributed by atoms with Gasteiger partial charge in [-0.15, -0.1) is 0 Å². The van der Waals surface area contributed by atoms with Crippen molar-refractivity contribution in [3.63, 3.8) is 0 Å². The molecule has 0 aliphatic carbocycles. The molecule has 0 saturated heterocycles. The molecule has 10 nitrogen and oxygen atoms in total. The van der Waals surface area contributed by atoms with E-state index in [4.69, 9.17) is 24.7 Å². The summed E-state index contributed by atoms with van der Waals surface area (Å²) in [6.45, 7) is 2.35. The number of para-hydroxylation sites is 1. The Hall–Kier alpha value is -5.89. The molecule has 0 bridgehead atoms. The Kier molecular flexibility index (Phi) is 8.20. The van der Waals surface area contributed by atoms with Crippen LogP contribution in [0.15, 0.2) is 96.4 Å². The van der Waals surface area contributed by atoms with E-state index in [1.807, 2.05) is 6.92 Å². The number of nitrogens with two attached hydrogens (primary N) is 1. The average molecular weight is 582 g/mol. The molecule has 0 radical (unpaired) electrons. The summed E-state index contributed by atoms with van der Waals surface area (Å²) in [4.78, 5) is 23.4. The van der Waals surface area contributed by atoms with Crippen molar-refractivity contribution in [2.45, 2.75) is 19.4 Å². The number of nitro benzene ring substituents is 1. The van der Waals surface area contributed by atoms with E-state index in [0.29, 0.717) is 29.2 Å². The molecule has 2 N–H and O–H groups in total. The number of nitrogens with zero attached hydrogens (tertiary/aromatic N) is 2. The number of carbonyl (C=O) groups is 1. The van der Waals surface area contributed by atoms with Crippen LogP contribution in [0.5, 0.6) is 23.0 Å². The van der Waals surface area contributed by atoms with Crippen molar-refractivity contribution in [2.24, 2.45) is 5.73 Å². The summed E-state index contributed by atoms with van der Waals surface area (Å²) in [5.41, 5.74) is 7.72. The van der Waals surface area contributed by atoms with Gasteiger partial charge >= 0.3 is 5.97 Å². The SMILES string of the molecule is CCOc1cc(C2C(C#N)=C(N)Oc3cc(OC(=O)c4ccccc4[N+](=O)[O-])ccc32)ccc1OCc1ccc(F)cc1. The molecule has 1 unspecified atom stereocenters. The molecule has 1 heterocycles. The lowest BCUT2D eigenvalue weighted by Gasteiger charge is -2.27. The maximum Gasteiger partial charge on any atom is 0.350 e. The maximum absolute atomic E-state index is 13.3. The van der Waals surface area contributed by atoms with Crippen LogP contribution in [0.25, 0.3) is 0 Å². The molecular formula is C32H24FN3O7. The maximum atomic E-state index is 13.3. The minimum Gasteiger partial charge on any atom is -0.490 e. The lowest BCUT2D eigenvalue weighted by molar-refractivity contribution is -0.385. The number of nitriles is 1. The van der Waals surface area contributed by atoms with E-state index in [1.54, 1.807) is 36.4 Å². The van der Waals surface area contributed by atoms with Crippen molar-refractivity contribution in [3.8, 4) is 29.1 Å². The van der Waals surface area contributed by atoms with E-state index >= 15 is 0 Å². The topological polar surface area (TPSA) is 147 Å². The Morgan fingerprint density at radius 2 is 1.81 bits per heavy atom. The molecule has 0 fully saturated rings. The highest BCUT2D eigenvalue weighted by Crippen LogP contribution is 2.45. The lowest BCUT2D eigenvalue weighted by atomic mass is 9.83. The number of halogens is 1. The summed E-state index contributed by atoms with van der Waals surface area (Å²) in [6, 6.07) is 23.3. The van der Waals surface area contributed by atoms with E-state index in [0.717, 1.165) is 5.56 Å². The van der Waals surface area contributed by atoms with Gasteiger partial charge in [-0.1, -0.05) is 36.4 Å². The number of benzene rings is 4. The van der Waals surface area contributed by atoms with Crippen LogP contribution in [-0.4, -0.2) is 17.5 Å². The molecule has 4 aromatic rings.